The van der Waals surface area contributed by atoms with E-state index in [0.29, 0.717) is 25.7 Å². The van der Waals surface area contributed by atoms with Crippen molar-refractivity contribution in [2.75, 3.05) is 26.3 Å². The van der Waals surface area contributed by atoms with E-state index in [9.17, 15) is 0 Å². The van der Waals surface area contributed by atoms with Crippen LogP contribution in [-0.2, 0) is 11.2 Å². The minimum atomic E-state index is 0.447. The topological polar surface area (TPSA) is 72.5 Å². The van der Waals surface area contributed by atoms with Gasteiger partial charge in [0, 0.05) is 24.9 Å². The quantitative estimate of drug-likeness (QED) is 0.303. The molecule has 0 bridgehead atoms. The number of pyridine rings is 1. The van der Waals surface area contributed by atoms with Gasteiger partial charge in [0.25, 0.3) is 0 Å². The van der Waals surface area contributed by atoms with Crippen molar-refractivity contribution >= 4 is 5.96 Å². The highest BCUT2D eigenvalue weighted by Gasteiger charge is 1.94. The van der Waals surface area contributed by atoms with E-state index in [0.717, 1.165) is 25.1 Å². The Kier molecular flexibility index (Phi) is 8.05. The van der Waals surface area contributed by atoms with Crippen molar-refractivity contribution in [1.29, 1.82) is 0 Å². The molecule has 0 aliphatic heterocycles. The largest absolute Gasteiger partial charge is 0.379 e. The van der Waals surface area contributed by atoms with Gasteiger partial charge in [0.15, 0.2) is 5.96 Å². The molecule has 19 heavy (non-hydrogen) atoms. The second kappa shape index (κ2) is 10.1. The van der Waals surface area contributed by atoms with Crippen molar-refractivity contribution in [2.45, 2.75) is 12.8 Å². The number of nitrogens with zero attached hydrogens (tertiary/aromatic N) is 2. The van der Waals surface area contributed by atoms with E-state index in [2.05, 4.69) is 21.9 Å². The van der Waals surface area contributed by atoms with E-state index in [1.54, 1.807) is 6.20 Å². The van der Waals surface area contributed by atoms with Crippen molar-refractivity contribution in [3.05, 3.63) is 42.7 Å². The number of nitrogens with two attached hydrogens (primary N) is 1. The summed E-state index contributed by atoms with van der Waals surface area (Å²) in [6.45, 7) is 6.18. The molecule has 0 radical (unpaired) electrons. The van der Waals surface area contributed by atoms with Crippen LogP contribution in [0.3, 0.4) is 0 Å². The van der Waals surface area contributed by atoms with Gasteiger partial charge in [0.2, 0.25) is 0 Å². The molecule has 3 N–H and O–H groups in total. The molecule has 1 rings (SSSR count). The number of aliphatic imine (C=N–C) groups is 1. The zero-order chi connectivity index (χ0) is 13.8. The van der Waals surface area contributed by atoms with E-state index in [4.69, 9.17) is 10.5 Å². The van der Waals surface area contributed by atoms with Crippen LogP contribution in [0.5, 0.6) is 0 Å². The lowest BCUT2D eigenvalue weighted by molar-refractivity contribution is 0.146. The molecular weight excluding hydrogens is 240 g/mol. The number of ether oxygens (including phenoxy) is 1. The van der Waals surface area contributed by atoms with Crippen molar-refractivity contribution in [1.82, 2.24) is 10.3 Å². The Balaban J connectivity index is 2.06. The molecule has 0 amide bonds. The Morgan fingerprint density at radius 1 is 1.47 bits per heavy atom. The molecule has 0 saturated heterocycles. The Morgan fingerprint density at radius 2 is 2.37 bits per heavy atom. The minimum Gasteiger partial charge on any atom is -0.379 e. The summed E-state index contributed by atoms with van der Waals surface area (Å²) in [5.41, 5.74) is 6.76. The first-order chi connectivity index (χ1) is 9.33. The molecule has 0 aromatic carbocycles. The molecule has 104 valence electrons. The van der Waals surface area contributed by atoms with Crippen LogP contribution in [0.15, 0.2) is 42.0 Å². The van der Waals surface area contributed by atoms with Crippen LogP contribution in [0.1, 0.15) is 12.1 Å². The van der Waals surface area contributed by atoms with Crippen LogP contribution in [0.4, 0.5) is 0 Å². The molecule has 1 heterocycles. The third kappa shape index (κ3) is 7.94. The highest BCUT2D eigenvalue weighted by atomic mass is 16.5. The van der Waals surface area contributed by atoms with Crippen LogP contribution in [0.2, 0.25) is 0 Å². The van der Waals surface area contributed by atoms with Gasteiger partial charge in [-0.15, -0.1) is 6.58 Å². The van der Waals surface area contributed by atoms with Crippen molar-refractivity contribution in [3.63, 3.8) is 0 Å². The zero-order valence-corrected chi connectivity index (χ0v) is 11.2. The maximum Gasteiger partial charge on any atom is 0.188 e. The monoisotopic (exact) mass is 262 g/mol. The highest BCUT2D eigenvalue weighted by molar-refractivity contribution is 5.77. The lowest BCUT2D eigenvalue weighted by Gasteiger charge is -2.05. The summed E-state index contributed by atoms with van der Waals surface area (Å²) in [7, 11) is 0. The molecule has 0 saturated carbocycles. The van der Waals surface area contributed by atoms with E-state index in [1.165, 1.54) is 0 Å². The van der Waals surface area contributed by atoms with Crippen LogP contribution in [0.25, 0.3) is 0 Å². The predicted molar refractivity (Wildman–Crippen MR) is 78.1 cm³/mol. The first-order valence-electron chi connectivity index (χ1n) is 6.45. The molecular formula is C14H22N4O. The molecule has 0 spiro atoms. The molecule has 0 fully saturated rings. The Bertz CT molecular complexity index is 378. The SMILES string of the molecule is C=CCCOCCN=C(N)NCCc1ccccn1. The average molecular weight is 262 g/mol. The molecule has 0 aliphatic carbocycles. The normalized spacial score (nSPS) is 11.3. The van der Waals surface area contributed by atoms with Crippen molar-refractivity contribution < 1.29 is 4.74 Å². The van der Waals surface area contributed by atoms with Gasteiger partial charge in [-0.25, -0.2) is 0 Å². The number of rotatable bonds is 9. The second-order valence-electron chi connectivity index (χ2n) is 3.95. The van der Waals surface area contributed by atoms with Gasteiger partial charge in [-0.1, -0.05) is 12.1 Å². The first kappa shape index (κ1) is 15.2. The van der Waals surface area contributed by atoms with Crippen LogP contribution < -0.4 is 11.1 Å². The smallest absolute Gasteiger partial charge is 0.188 e. The summed E-state index contributed by atoms with van der Waals surface area (Å²) >= 11 is 0. The van der Waals surface area contributed by atoms with Crippen LogP contribution in [-0.4, -0.2) is 37.2 Å². The van der Waals surface area contributed by atoms with Gasteiger partial charge in [-0.05, 0) is 18.6 Å². The summed E-state index contributed by atoms with van der Waals surface area (Å²) in [4.78, 5) is 8.40. The molecule has 1 aromatic heterocycles. The lowest BCUT2D eigenvalue weighted by atomic mass is 10.3. The maximum absolute atomic E-state index is 5.73. The number of guanidine groups is 1. The zero-order valence-electron chi connectivity index (χ0n) is 11.2. The van der Waals surface area contributed by atoms with Crippen LogP contribution in [0, 0.1) is 0 Å². The van der Waals surface area contributed by atoms with E-state index in [-0.39, 0.29) is 0 Å². The van der Waals surface area contributed by atoms with Crippen LogP contribution >= 0.6 is 0 Å². The van der Waals surface area contributed by atoms with Gasteiger partial charge >= 0.3 is 0 Å². The second-order valence-corrected chi connectivity index (χ2v) is 3.95. The number of aromatic nitrogens is 1. The minimum absolute atomic E-state index is 0.447. The van der Waals surface area contributed by atoms with Gasteiger partial charge in [0.05, 0.1) is 19.8 Å². The fourth-order valence-electron chi connectivity index (χ4n) is 1.42. The molecule has 0 unspecified atom stereocenters. The molecule has 5 heteroatoms. The van der Waals surface area contributed by atoms with E-state index < -0.39 is 0 Å². The highest BCUT2D eigenvalue weighted by Crippen LogP contribution is 1.92. The molecule has 0 atom stereocenters. The predicted octanol–water partition coefficient (Wildman–Crippen LogP) is 1.12. The Morgan fingerprint density at radius 3 is 3.11 bits per heavy atom. The summed E-state index contributed by atoms with van der Waals surface area (Å²) in [5, 5.41) is 3.05. The summed E-state index contributed by atoms with van der Waals surface area (Å²) in [6.07, 6.45) is 5.30. The third-order valence-electron chi connectivity index (χ3n) is 2.40. The van der Waals surface area contributed by atoms with Gasteiger partial charge in [-0.2, -0.15) is 0 Å². The molecule has 0 aliphatic rings. The number of hydrogen-bond acceptors (Lipinski definition) is 3. The Hall–Kier alpha value is -1.88. The lowest BCUT2D eigenvalue weighted by Crippen LogP contribution is -2.33. The van der Waals surface area contributed by atoms with Gasteiger partial charge in [0.1, 0.15) is 0 Å². The number of hydrogen-bond donors (Lipinski definition) is 2. The maximum atomic E-state index is 5.73. The molecule has 1 aromatic rings. The first-order valence-corrected chi connectivity index (χ1v) is 6.45. The molecule has 5 nitrogen and oxygen atoms in total. The summed E-state index contributed by atoms with van der Waals surface area (Å²) in [5.74, 6) is 0.447. The van der Waals surface area contributed by atoms with Crippen molar-refractivity contribution in [2.24, 2.45) is 10.7 Å². The average Bonchev–Trinajstić information content (AvgIpc) is 2.44. The fourth-order valence-corrected chi connectivity index (χ4v) is 1.42. The van der Waals surface area contributed by atoms with Gasteiger partial charge in [-0.3, -0.25) is 9.98 Å². The number of nitrogens with one attached hydrogen (secondary N) is 1. The Labute approximate surface area is 114 Å². The standard InChI is InChI=1S/C14H22N4O/c1-2-3-11-19-12-10-18-14(15)17-9-7-13-6-4-5-8-16-13/h2,4-6,8H,1,3,7,9-12H2,(H3,15,17,18). The third-order valence-corrected chi connectivity index (χ3v) is 2.40. The summed E-state index contributed by atoms with van der Waals surface area (Å²) < 4.78 is 5.33. The fraction of sp³-hybridized carbons (Fsp3) is 0.429. The van der Waals surface area contributed by atoms with Gasteiger partial charge < -0.3 is 15.8 Å². The van der Waals surface area contributed by atoms with E-state index in [1.807, 2.05) is 24.3 Å². The van der Waals surface area contributed by atoms with E-state index >= 15 is 0 Å². The summed E-state index contributed by atoms with van der Waals surface area (Å²) in [6, 6.07) is 5.86. The van der Waals surface area contributed by atoms with Crippen molar-refractivity contribution in [3.8, 4) is 0 Å².